The molecule has 0 fully saturated rings. The smallest absolute Gasteiger partial charge is 0.129 e. The van der Waals surface area contributed by atoms with Crippen molar-refractivity contribution in [2.75, 3.05) is 6.54 Å². The molecule has 2 unspecified atom stereocenters. The number of ether oxygens (including phenoxy) is 1. The quantitative estimate of drug-likeness (QED) is 0.766. The molecule has 1 rings (SSSR count). The summed E-state index contributed by atoms with van der Waals surface area (Å²) in [6.07, 6.45) is 0.855. The summed E-state index contributed by atoms with van der Waals surface area (Å²) in [7, 11) is 0. The lowest BCUT2D eigenvalue weighted by atomic mass is 10.1. The molecule has 0 saturated carbocycles. The van der Waals surface area contributed by atoms with Gasteiger partial charge in [0, 0.05) is 18.2 Å². The second-order valence-electron chi connectivity index (χ2n) is 6.15. The van der Waals surface area contributed by atoms with E-state index in [1.807, 2.05) is 12.1 Å². The number of halogens is 1. The zero-order valence-electron chi connectivity index (χ0n) is 13.3. The topological polar surface area (TPSA) is 21.3 Å². The largest absolute Gasteiger partial charge is 0.369 e. The minimum Gasteiger partial charge on any atom is -0.369 e. The molecule has 0 bridgehead atoms. The van der Waals surface area contributed by atoms with E-state index in [0.717, 1.165) is 6.42 Å². The van der Waals surface area contributed by atoms with Crippen molar-refractivity contribution in [3.8, 4) is 0 Å². The minimum atomic E-state index is -0.243. The molecule has 0 aromatic heterocycles. The fourth-order valence-corrected chi connectivity index (χ4v) is 2.31. The Kier molecular flexibility index (Phi) is 7.17. The van der Waals surface area contributed by atoms with Crippen LogP contribution in [0.15, 0.2) is 24.3 Å². The Morgan fingerprint density at radius 2 is 1.75 bits per heavy atom. The zero-order valence-corrected chi connectivity index (χ0v) is 13.3. The van der Waals surface area contributed by atoms with Gasteiger partial charge in [-0.15, -0.1) is 0 Å². The van der Waals surface area contributed by atoms with Gasteiger partial charge >= 0.3 is 0 Å². The van der Waals surface area contributed by atoms with Crippen molar-refractivity contribution in [2.45, 2.75) is 59.3 Å². The monoisotopic (exact) mass is 281 g/mol. The third-order valence-electron chi connectivity index (χ3n) is 3.16. The van der Waals surface area contributed by atoms with E-state index in [-0.39, 0.29) is 18.0 Å². The lowest BCUT2D eigenvalue weighted by molar-refractivity contribution is -0.0150. The summed E-state index contributed by atoms with van der Waals surface area (Å²) >= 11 is 0. The predicted molar refractivity (Wildman–Crippen MR) is 82.3 cm³/mol. The minimum absolute atomic E-state index is 0.119. The van der Waals surface area contributed by atoms with Crippen LogP contribution < -0.4 is 5.32 Å². The first-order valence-electron chi connectivity index (χ1n) is 7.53. The van der Waals surface area contributed by atoms with Gasteiger partial charge in [-0.25, -0.2) is 4.39 Å². The maximum absolute atomic E-state index is 14.0. The number of hydrogen-bond acceptors (Lipinski definition) is 2. The Morgan fingerprint density at radius 1 is 1.10 bits per heavy atom. The lowest BCUT2D eigenvalue weighted by Crippen LogP contribution is -2.31. The van der Waals surface area contributed by atoms with Crippen LogP contribution in [0.3, 0.4) is 0 Å². The van der Waals surface area contributed by atoms with Crippen LogP contribution in [0.2, 0.25) is 0 Å². The highest BCUT2D eigenvalue weighted by molar-refractivity contribution is 5.20. The molecular weight excluding hydrogens is 253 g/mol. The molecule has 1 N–H and O–H groups in total. The van der Waals surface area contributed by atoms with Crippen molar-refractivity contribution < 1.29 is 9.13 Å². The van der Waals surface area contributed by atoms with E-state index in [1.165, 1.54) is 6.07 Å². The van der Waals surface area contributed by atoms with Crippen molar-refractivity contribution in [3.05, 3.63) is 35.6 Å². The second kappa shape index (κ2) is 8.38. The fourth-order valence-electron chi connectivity index (χ4n) is 2.31. The average Bonchev–Trinajstić information content (AvgIpc) is 2.34. The number of benzene rings is 1. The van der Waals surface area contributed by atoms with Gasteiger partial charge in [0.2, 0.25) is 0 Å². The van der Waals surface area contributed by atoms with Crippen LogP contribution in [-0.2, 0) is 4.74 Å². The molecule has 0 saturated heterocycles. The van der Waals surface area contributed by atoms with Gasteiger partial charge in [0.15, 0.2) is 0 Å². The molecular formula is C17H28FNO. The van der Waals surface area contributed by atoms with Gasteiger partial charge in [0.05, 0.1) is 12.2 Å². The molecule has 0 heterocycles. The van der Waals surface area contributed by atoms with Crippen LogP contribution in [-0.4, -0.2) is 18.7 Å². The van der Waals surface area contributed by atoms with Crippen molar-refractivity contribution >= 4 is 0 Å². The van der Waals surface area contributed by atoms with Crippen molar-refractivity contribution in [3.63, 3.8) is 0 Å². The van der Waals surface area contributed by atoms with E-state index in [1.54, 1.807) is 6.07 Å². The Labute approximate surface area is 122 Å². The highest BCUT2D eigenvalue weighted by atomic mass is 19.1. The maximum Gasteiger partial charge on any atom is 0.129 e. The summed E-state index contributed by atoms with van der Waals surface area (Å²) in [5.41, 5.74) is 0.635. The summed E-state index contributed by atoms with van der Waals surface area (Å²) in [5.74, 6) is 0.379. The van der Waals surface area contributed by atoms with Crippen molar-refractivity contribution in [1.82, 2.24) is 5.32 Å². The van der Waals surface area contributed by atoms with Crippen molar-refractivity contribution in [1.29, 1.82) is 0 Å². The first-order valence-corrected chi connectivity index (χ1v) is 7.53. The van der Waals surface area contributed by atoms with Crippen LogP contribution in [0, 0.1) is 11.7 Å². The molecule has 1 aromatic carbocycles. The summed E-state index contributed by atoms with van der Waals surface area (Å²) in [6, 6.07) is 7.23. The van der Waals surface area contributed by atoms with E-state index in [4.69, 9.17) is 4.74 Å². The molecule has 0 amide bonds. The molecule has 0 aliphatic heterocycles. The molecule has 0 spiro atoms. The van der Waals surface area contributed by atoms with Gasteiger partial charge in [0.25, 0.3) is 0 Å². The Balaban J connectivity index is 2.77. The Hall–Kier alpha value is -0.930. The van der Waals surface area contributed by atoms with Crippen LogP contribution >= 0.6 is 0 Å². The highest BCUT2D eigenvalue weighted by Gasteiger charge is 2.19. The van der Waals surface area contributed by atoms with Gasteiger partial charge in [-0.05, 0) is 25.3 Å². The molecule has 114 valence electrons. The van der Waals surface area contributed by atoms with E-state index >= 15 is 0 Å². The van der Waals surface area contributed by atoms with Gasteiger partial charge in [-0.3, -0.25) is 0 Å². The highest BCUT2D eigenvalue weighted by Crippen LogP contribution is 2.23. The third kappa shape index (κ3) is 6.02. The molecule has 1 aromatic rings. The summed E-state index contributed by atoms with van der Waals surface area (Å²) in [6.45, 7) is 11.2. The van der Waals surface area contributed by atoms with Crippen LogP contribution in [0.4, 0.5) is 4.39 Å². The standard InChI is InChI=1S/C17H28FNO/c1-12(2)10-14(5)20-17(11-19-13(3)4)15-8-6-7-9-16(15)18/h6-9,12-14,17,19H,10-11H2,1-5H3. The van der Waals surface area contributed by atoms with Crippen LogP contribution in [0.5, 0.6) is 0 Å². The van der Waals surface area contributed by atoms with E-state index < -0.39 is 0 Å². The van der Waals surface area contributed by atoms with E-state index in [9.17, 15) is 4.39 Å². The maximum atomic E-state index is 14.0. The predicted octanol–water partition coefficient (Wildman–Crippen LogP) is 4.32. The zero-order chi connectivity index (χ0) is 15.1. The first-order chi connectivity index (χ1) is 9.40. The number of hydrogen-bond donors (Lipinski definition) is 1. The molecule has 20 heavy (non-hydrogen) atoms. The van der Waals surface area contributed by atoms with Crippen LogP contribution in [0.25, 0.3) is 0 Å². The van der Waals surface area contributed by atoms with Gasteiger partial charge < -0.3 is 10.1 Å². The molecule has 3 heteroatoms. The Morgan fingerprint density at radius 3 is 2.30 bits per heavy atom. The summed E-state index contributed by atoms with van der Waals surface area (Å²) in [5, 5.41) is 3.34. The van der Waals surface area contributed by atoms with Gasteiger partial charge in [0.1, 0.15) is 5.82 Å². The Bertz CT molecular complexity index is 392. The molecule has 0 radical (unpaired) electrons. The van der Waals surface area contributed by atoms with E-state index in [0.29, 0.717) is 24.1 Å². The van der Waals surface area contributed by atoms with Crippen molar-refractivity contribution in [2.24, 2.45) is 5.92 Å². The van der Waals surface area contributed by atoms with Crippen LogP contribution in [0.1, 0.15) is 52.7 Å². The second-order valence-corrected chi connectivity index (χ2v) is 6.15. The number of nitrogens with one attached hydrogen (secondary N) is 1. The molecule has 2 atom stereocenters. The third-order valence-corrected chi connectivity index (χ3v) is 3.16. The summed E-state index contributed by atoms with van der Waals surface area (Å²) < 4.78 is 20.0. The molecule has 2 nitrogen and oxygen atoms in total. The van der Waals surface area contributed by atoms with Gasteiger partial charge in [-0.1, -0.05) is 45.9 Å². The fraction of sp³-hybridized carbons (Fsp3) is 0.647. The molecule has 0 aliphatic carbocycles. The summed E-state index contributed by atoms with van der Waals surface area (Å²) in [4.78, 5) is 0. The molecule has 0 aliphatic rings. The lowest BCUT2D eigenvalue weighted by Gasteiger charge is -2.25. The average molecular weight is 281 g/mol. The van der Waals surface area contributed by atoms with E-state index in [2.05, 4.69) is 39.9 Å². The normalized spacial score (nSPS) is 14.8. The van der Waals surface area contributed by atoms with Gasteiger partial charge in [-0.2, -0.15) is 0 Å². The SMILES string of the molecule is CC(C)CC(C)OC(CNC(C)C)c1ccccc1F. The first kappa shape index (κ1) is 17.1. The number of rotatable bonds is 8.